The number of methoxy groups -OCH3 is 1. The average molecular weight is 420 g/mol. The Labute approximate surface area is 170 Å². The molecule has 0 aliphatic carbocycles. The van der Waals surface area contributed by atoms with Crippen LogP contribution in [0.4, 0.5) is 13.2 Å². The molecule has 0 saturated heterocycles. The molecule has 0 aliphatic heterocycles. The third kappa shape index (κ3) is 9.41. The smallest absolute Gasteiger partial charge is 0.280 e. The van der Waals surface area contributed by atoms with Crippen LogP contribution < -0.4 is 0 Å². The number of hydrogen-bond acceptors (Lipinski definition) is 4. The van der Waals surface area contributed by atoms with E-state index in [2.05, 4.69) is 23.5 Å². The first-order valence-electron chi connectivity index (χ1n) is 9.05. The van der Waals surface area contributed by atoms with E-state index in [-0.39, 0.29) is 5.69 Å². The molecule has 8 heteroatoms. The number of alkyl halides is 3. The molecule has 0 bridgehead atoms. The number of hydrogen-bond donors (Lipinski definition) is 0. The standard InChI is InChI=1S/C10H10F2N2S.C9H19NO.CH3F/c1-6-3-4-9(15-6)7-5-8(10(11)12)14(2)13-7;1-4-6-7-10(5-2)8-9-11-3;1-2/h3-5,10H,1-2H3;5H,2,4,6-9H2,1,3H3;1H3. The van der Waals surface area contributed by atoms with Crippen LogP contribution in [0.15, 0.2) is 31.0 Å². The van der Waals surface area contributed by atoms with Crippen LogP contribution in [0.5, 0.6) is 0 Å². The second kappa shape index (κ2) is 15.2. The molecule has 2 heterocycles. The van der Waals surface area contributed by atoms with Gasteiger partial charge in [-0.3, -0.25) is 9.07 Å². The summed E-state index contributed by atoms with van der Waals surface area (Å²) in [5, 5.41) is 4.06. The van der Waals surface area contributed by atoms with Crippen LogP contribution in [0, 0.1) is 6.92 Å². The Balaban J connectivity index is 0.000000502. The summed E-state index contributed by atoms with van der Waals surface area (Å²) in [5.74, 6) is 0. The van der Waals surface area contributed by atoms with E-state index in [0.29, 0.717) is 12.9 Å². The molecule has 2 rings (SSSR count). The van der Waals surface area contributed by atoms with Crippen molar-refractivity contribution in [2.45, 2.75) is 33.1 Å². The SMILES string of the molecule is C=CN(CCCC)CCOC.CF.Cc1ccc(-c2cc(C(F)F)n(C)n2)s1. The Hall–Kier alpha value is -1.80. The van der Waals surface area contributed by atoms with Gasteiger partial charge in [0.2, 0.25) is 0 Å². The number of nitrogens with zero attached hydrogens (tertiary/aromatic N) is 3. The van der Waals surface area contributed by atoms with Gasteiger partial charge in [0.1, 0.15) is 11.4 Å². The van der Waals surface area contributed by atoms with Crippen LogP contribution in [0.25, 0.3) is 10.6 Å². The van der Waals surface area contributed by atoms with Gasteiger partial charge >= 0.3 is 0 Å². The van der Waals surface area contributed by atoms with Gasteiger partial charge in [-0.2, -0.15) is 5.10 Å². The van der Waals surface area contributed by atoms with Gasteiger partial charge in [-0.05, 0) is 37.7 Å². The fourth-order valence-electron chi connectivity index (χ4n) is 2.24. The van der Waals surface area contributed by atoms with Crippen LogP contribution in [-0.4, -0.2) is 48.7 Å². The second-order valence-electron chi connectivity index (χ2n) is 5.85. The van der Waals surface area contributed by atoms with Gasteiger partial charge in [-0.1, -0.05) is 19.9 Å². The van der Waals surface area contributed by atoms with Crippen molar-refractivity contribution in [1.29, 1.82) is 0 Å². The lowest BCUT2D eigenvalue weighted by atomic mass is 10.3. The molecule has 0 fully saturated rings. The highest BCUT2D eigenvalue weighted by atomic mass is 32.1. The van der Waals surface area contributed by atoms with Gasteiger partial charge in [0.05, 0.1) is 18.7 Å². The molecule has 0 unspecified atom stereocenters. The summed E-state index contributed by atoms with van der Waals surface area (Å²) in [6.45, 7) is 10.8. The number of aromatic nitrogens is 2. The highest BCUT2D eigenvalue weighted by Crippen LogP contribution is 2.29. The maximum atomic E-state index is 12.5. The third-order valence-corrected chi connectivity index (χ3v) is 4.80. The fourth-order valence-corrected chi connectivity index (χ4v) is 3.07. The lowest BCUT2D eigenvalue weighted by Gasteiger charge is -2.18. The summed E-state index contributed by atoms with van der Waals surface area (Å²) < 4.78 is 40.7. The number of thiophene rings is 1. The first kappa shape index (κ1) is 26.2. The molecule has 2 aromatic rings. The normalized spacial score (nSPS) is 10.0. The molecule has 0 saturated carbocycles. The quantitative estimate of drug-likeness (QED) is 0.510. The third-order valence-electron chi connectivity index (χ3n) is 3.77. The van der Waals surface area contributed by atoms with Crippen molar-refractivity contribution < 1.29 is 17.9 Å². The van der Waals surface area contributed by atoms with Crippen molar-refractivity contribution in [3.05, 3.63) is 41.5 Å². The second-order valence-corrected chi connectivity index (χ2v) is 7.14. The van der Waals surface area contributed by atoms with E-state index in [1.54, 1.807) is 18.4 Å². The molecule has 0 atom stereocenters. The molecule has 4 nitrogen and oxygen atoms in total. The van der Waals surface area contributed by atoms with Crippen LogP contribution >= 0.6 is 11.3 Å². The summed E-state index contributed by atoms with van der Waals surface area (Å²) in [4.78, 5) is 4.26. The minimum Gasteiger partial charge on any atom is -0.383 e. The Morgan fingerprint density at radius 2 is 2.00 bits per heavy atom. The molecular formula is C20H32F3N3OS. The van der Waals surface area contributed by atoms with E-state index in [1.165, 1.54) is 30.6 Å². The summed E-state index contributed by atoms with van der Waals surface area (Å²) in [5.41, 5.74) is 0.571. The van der Waals surface area contributed by atoms with Crippen LogP contribution in [0.3, 0.4) is 0 Å². The molecule has 0 spiro atoms. The molecule has 0 radical (unpaired) electrons. The molecule has 0 amide bonds. The lowest BCUT2D eigenvalue weighted by molar-refractivity contribution is 0.141. The highest BCUT2D eigenvalue weighted by molar-refractivity contribution is 7.15. The minimum absolute atomic E-state index is 0.0453. The van der Waals surface area contributed by atoms with Gasteiger partial charge in [-0.25, -0.2) is 8.78 Å². The van der Waals surface area contributed by atoms with Gasteiger partial charge in [-0.15, -0.1) is 11.3 Å². The fraction of sp³-hybridized carbons (Fsp3) is 0.550. The van der Waals surface area contributed by atoms with Crippen molar-refractivity contribution in [2.75, 3.05) is 34.0 Å². The van der Waals surface area contributed by atoms with Gasteiger partial charge in [0.25, 0.3) is 6.43 Å². The van der Waals surface area contributed by atoms with Crippen molar-refractivity contribution in [2.24, 2.45) is 7.05 Å². The number of ether oxygens (including phenoxy) is 1. The zero-order valence-electron chi connectivity index (χ0n) is 17.4. The Morgan fingerprint density at radius 3 is 2.43 bits per heavy atom. The summed E-state index contributed by atoms with van der Waals surface area (Å²) in [7, 11) is 3.76. The zero-order chi connectivity index (χ0) is 21.5. The Kier molecular flexibility index (Phi) is 14.2. The molecule has 28 heavy (non-hydrogen) atoms. The summed E-state index contributed by atoms with van der Waals surface area (Å²) in [6, 6.07) is 5.30. The van der Waals surface area contributed by atoms with E-state index in [9.17, 15) is 13.2 Å². The summed E-state index contributed by atoms with van der Waals surface area (Å²) >= 11 is 1.55. The topological polar surface area (TPSA) is 30.3 Å². The monoisotopic (exact) mass is 419 g/mol. The van der Waals surface area contributed by atoms with Crippen molar-refractivity contribution >= 4 is 11.3 Å². The first-order chi connectivity index (χ1) is 13.4. The van der Waals surface area contributed by atoms with E-state index in [4.69, 9.17) is 4.74 Å². The highest BCUT2D eigenvalue weighted by Gasteiger charge is 2.15. The van der Waals surface area contributed by atoms with E-state index < -0.39 is 6.43 Å². The minimum atomic E-state index is -2.47. The van der Waals surface area contributed by atoms with Crippen LogP contribution in [0.2, 0.25) is 0 Å². The van der Waals surface area contributed by atoms with Crippen LogP contribution in [-0.2, 0) is 11.8 Å². The largest absolute Gasteiger partial charge is 0.383 e. The molecule has 160 valence electrons. The van der Waals surface area contributed by atoms with E-state index in [0.717, 1.165) is 29.5 Å². The van der Waals surface area contributed by atoms with Gasteiger partial charge in [0, 0.05) is 32.1 Å². The number of halogens is 3. The maximum Gasteiger partial charge on any atom is 0.280 e. The molecular weight excluding hydrogens is 387 g/mol. The van der Waals surface area contributed by atoms with Crippen molar-refractivity contribution in [3.8, 4) is 10.6 Å². The van der Waals surface area contributed by atoms with Crippen LogP contribution in [0.1, 0.15) is 36.8 Å². The van der Waals surface area contributed by atoms with E-state index >= 15 is 0 Å². The predicted octanol–water partition coefficient (Wildman–Crippen LogP) is 5.86. The molecule has 0 aromatic carbocycles. The van der Waals surface area contributed by atoms with Crippen molar-refractivity contribution in [1.82, 2.24) is 14.7 Å². The van der Waals surface area contributed by atoms with Gasteiger partial charge in [0.15, 0.2) is 0 Å². The molecule has 0 aliphatic rings. The number of unbranched alkanes of at least 4 members (excludes halogenated alkanes) is 1. The first-order valence-corrected chi connectivity index (χ1v) is 9.86. The number of rotatable bonds is 9. The molecule has 0 N–H and O–H groups in total. The van der Waals surface area contributed by atoms with Crippen molar-refractivity contribution in [3.63, 3.8) is 0 Å². The van der Waals surface area contributed by atoms with E-state index in [1.807, 2.05) is 25.3 Å². The molecule has 2 aromatic heterocycles. The Morgan fingerprint density at radius 1 is 1.32 bits per heavy atom. The Bertz CT molecular complexity index is 651. The predicted molar refractivity (Wildman–Crippen MR) is 112 cm³/mol. The average Bonchev–Trinajstić information content (AvgIpc) is 3.30. The zero-order valence-corrected chi connectivity index (χ0v) is 18.2. The lowest BCUT2D eigenvalue weighted by Crippen LogP contribution is -2.22. The maximum absolute atomic E-state index is 12.5. The van der Waals surface area contributed by atoms with Gasteiger partial charge < -0.3 is 9.64 Å². The number of aryl methyl sites for hydroxylation is 2. The summed E-state index contributed by atoms with van der Waals surface area (Å²) in [6.07, 6.45) is 1.87.